The summed E-state index contributed by atoms with van der Waals surface area (Å²) in [6.07, 6.45) is 4.39. The Kier molecular flexibility index (Phi) is 10.6. The molecule has 138 valence electrons. The SMILES string of the molecule is C=CCSCCNC(=NCC(=O)N(C)C)NCC1CCCN1CC. The summed E-state index contributed by atoms with van der Waals surface area (Å²) in [7, 11) is 3.50. The van der Waals surface area contributed by atoms with Gasteiger partial charge in [0.2, 0.25) is 5.91 Å². The van der Waals surface area contributed by atoms with E-state index >= 15 is 0 Å². The average Bonchev–Trinajstić information content (AvgIpc) is 3.03. The molecule has 1 heterocycles. The van der Waals surface area contributed by atoms with Gasteiger partial charge in [0.15, 0.2) is 5.96 Å². The van der Waals surface area contributed by atoms with Gasteiger partial charge in [-0.15, -0.1) is 6.58 Å². The topological polar surface area (TPSA) is 60.0 Å². The van der Waals surface area contributed by atoms with E-state index in [0.29, 0.717) is 6.04 Å². The van der Waals surface area contributed by atoms with Gasteiger partial charge in [0.25, 0.3) is 0 Å². The van der Waals surface area contributed by atoms with E-state index in [1.807, 2.05) is 17.8 Å². The molecule has 1 saturated heterocycles. The fourth-order valence-electron chi connectivity index (χ4n) is 2.63. The van der Waals surface area contributed by atoms with Crippen molar-refractivity contribution in [1.82, 2.24) is 20.4 Å². The lowest BCUT2D eigenvalue weighted by Crippen LogP contribution is -2.45. The summed E-state index contributed by atoms with van der Waals surface area (Å²) in [6.45, 7) is 10.1. The summed E-state index contributed by atoms with van der Waals surface area (Å²) in [6, 6.07) is 0.557. The van der Waals surface area contributed by atoms with Crippen LogP contribution in [0.3, 0.4) is 0 Å². The second-order valence-corrected chi connectivity index (χ2v) is 7.20. The molecule has 1 rings (SSSR count). The van der Waals surface area contributed by atoms with Gasteiger partial charge >= 0.3 is 0 Å². The summed E-state index contributed by atoms with van der Waals surface area (Å²) in [5, 5.41) is 6.73. The molecular weight excluding hydrogens is 322 g/mol. The lowest BCUT2D eigenvalue weighted by atomic mass is 10.2. The smallest absolute Gasteiger partial charge is 0.243 e. The van der Waals surface area contributed by atoms with Gasteiger partial charge in [0.1, 0.15) is 6.54 Å². The fraction of sp³-hybridized carbons (Fsp3) is 0.765. The zero-order valence-corrected chi connectivity index (χ0v) is 16.2. The van der Waals surface area contributed by atoms with E-state index in [1.54, 1.807) is 19.0 Å². The summed E-state index contributed by atoms with van der Waals surface area (Å²) in [5.74, 6) is 2.67. The number of hydrogen-bond acceptors (Lipinski definition) is 4. The molecule has 2 N–H and O–H groups in total. The molecule has 0 radical (unpaired) electrons. The molecule has 1 fully saturated rings. The summed E-state index contributed by atoms with van der Waals surface area (Å²) in [4.78, 5) is 20.3. The van der Waals surface area contributed by atoms with E-state index in [0.717, 1.165) is 37.1 Å². The van der Waals surface area contributed by atoms with Crippen LogP contribution in [0.2, 0.25) is 0 Å². The first kappa shape index (κ1) is 20.8. The molecule has 7 heteroatoms. The molecule has 0 saturated carbocycles. The highest BCUT2D eigenvalue weighted by Gasteiger charge is 2.22. The number of thioether (sulfide) groups is 1. The van der Waals surface area contributed by atoms with Crippen LogP contribution >= 0.6 is 11.8 Å². The first-order valence-corrected chi connectivity index (χ1v) is 9.89. The van der Waals surface area contributed by atoms with Crippen molar-refractivity contribution in [3.63, 3.8) is 0 Å². The predicted molar refractivity (Wildman–Crippen MR) is 105 cm³/mol. The quantitative estimate of drug-likeness (QED) is 0.265. The Bertz CT molecular complexity index is 414. The monoisotopic (exact) mass is 355 g/mol. The van der Waals surface area contributed by atoms with Crippen molar-refractivity contribution >= 4 is 23.6 Å². The second-order valence-electron chi connectivity index (χ2n) is 6.05. The molecule has 1 atom stereocenters. The highest BCUT2D eigenvalue weighted by molar-refractivity contribution is 7.99. The van der Waals surface area contributed by atoms with Crippen molar-refractivity contribution in [2.24, 2.45) is 4.99 Å². The number of rotatable bonds is 10. The van der Waals surface area contributed by atoms with Crippen LogP contribution in [0.4, 0.5) is 0 Å². The van der Waals surface area contributed by atoms with Gasteiger partial charge < -0.3 is 15.5 Å². The second kappa shape index (κ2) is 12.2. The maximum atomic E-state index is 11.8. The minimum atomic E-state index is 0.00758. The Morgan fingerprint density at radius 1 is 1.46 bits per heavy atom. The van der Waals surface area contributed by atoms with Crippen LogP contribution in [0.1, 0.15) is 19.8 Å². The van der Waals surface area contributed by atoms with Crippen LogP contribution in [0.15, 0.2) is 17.6 Å². The molecule has 0 aromatic heterocycles. The minimum Gasteiger partial charge on any atom is -0.356 e. The molecule has 1 amide bonds. The Morgan fingerprint density at radius 2 is 2.25 bits per heavy atom. The molecule has 0 aliphatic carbocycles. The number of amides is 1. The number of likely N-dealkylation sites (N-methyl/N-ethyl adjacent to an activating group) is 2. The molecule has 0 bridgehead atoms. The van der Waals surface area contributed by atoms with Crippen LogP contribution < -0.4 is 10.6 Å². The third kappa shape index (κ3) is 8.06. The first-order chi connectivity index (χ1) is 11.6. The van der Waals surface area contributed by atoms with E-state index < -0.39 is 0 Å². The Hall–Kier alpha value is -1.21. The van der Waals surface area contributed by atoms with Crippen LogP contribution in [0.25, 0.3) is 0 Å². The molecule has 24 heavy (non-hydrogen) atoms. The van der Waals surface area contributed by atoms with Crippen molar-refractivity contribution in [2.45, 2.75) is 25.8 Å². The molecule has 1 aliphatic heterocycles. The number of guanidine groups is 1. The van der Waals surface area contributed by atoms with Gasteiger partial charge in [0, 0.05) is 44.7 Å². The minimum absolute atomic E-state index is 0.00758. The van der Waals surface area contributed by atoms with Crippen molar-refractivity contribution in [2.75, 3.05) is 58.3 Å². The summed E-state index contributed by atoms with van der Waals surface area (Å²) < 4.78 is 0. The Balaban J connectivity index is 2.47. The number of likely N-dealkylation sites (tertiary alicyclic amines) is 1. The zero-order valence-electron chi connectivity index (χ0n) is 15.4. The number of nitrogens with one attached hydrogen (secondary N) is 2. The first-order valence-electron chi connectivity index (χ1n) is 8.73. The van der Waals surface area contributed by atoms with Gasteiger partial charge in [-0.05, 0) is 25.9 Å². The number of carbonyl (C=O) groups excluding carboxylic acids is 1. The largest absolute Gasteiger partial charge is 0.356 e. The van der Waals surface area contributed by atoms with Gasteiger partial charge in [0.05, 0.1) is 0 Å². The van der Waals surface area contributed by atoms with E-state index in [4.69, 9.17) is 0 Å². The van der Waals surface area contributed by atoms with Gasteiger partial charge in [-0.2, -0.15) is 11.8 Å². The van der Waals surface area contributed by atoms with Crippen molar-refractivity contribution in [1.29, 1.82) is 0 Å². The molecular formula is C17H33N5OS. The fourth-order valence-corrected chi connectivity index (χ4v) is 3.21. The van der Waals surface area contributed by atoms with E-state index in [1.165, 1.54) is 19.4 Å². The van der Waals surface area contributed by atoms with E-state index in [2.05, 4.69) is 34.0 Å². The third-order valence-electron chi connectivity index (χ3n) is 4.06. The third-order valence-corrected chi connectivity index (χ3v) is 5.02. The summed E-state index contributed by atoms with van der Waals surface area (Å²) in [5.41, 5.74) is 0. The van der Waals surface area contributed by atoms with Crippen molar-refractivity contribution in [3.8, 4) is 0 Å². The lowest BCUT2D eigenvalue weighted by Gasteiger charge is -2.24. The van der Waals surface area contributed by atoms with Crippen molar-refractivity contribution < 1.29 is 4.79 Å². The van der Waals surface area contributed by atoms with Gasteiger partial charge in [-0.3, -0.25) is 9.69 Å². The number of carbonyl (C=O) groups is 1. The van der Waals surface area contributed by atoms with Gasteiger partial charge in [-0.25, -0.2) is 4.99 Å². The van der Waals surface area contributed by atoms with E-state index in [9.17, 15) is 4.79 Å². The van der Waals surface area contributed by atoms with Crippen LogP contribution in [0, 0.1) is 0 Å². The van der Waals surface area contributed by atoms with Crippen LogP contribution in [-0.4, -0.2) is 86.0 Å². The summed E-state index contributed by atoms with van der Waals surface area (Å²) >= 11 is 1.83. The molecule has 0 aromatic rings. The van der Waals surface area contributed by atoms with E-state index in [-0.39, 0.29) is 12.5 Å². The normalized spacial score (nSPS) is 18.5. The predicted octanol–water partition coefficient (Wildman–Crippen LogP) is 1.01. The number of nitrogens with zero attached hydrogens (tertiary/aromatic N) is 3. The Labute approximate surface area is 151 Å². The highest BCUT2D eigenvalue weighted by atomic mass is 32.2. The van der Waals surface area contributed by atoms with Crippen LogP contribution in [-0.2, 0) is 4.79 Å². The molecule has 1 unspecified atom stereocenters. The molecule has 0 spiro atoms. The van der Waals surface area contributed by atoms with Crippen LogP contribution in [0.5, 0.6) is 0 Å². The lowest BCUT2D eigenvalue weighted by molar-refractivity contribution is -0.127. The maximum Gasteiger partial charge on any atom is 0.243 e. The molecule has 6 nitrogen and oxygen atoms in total. The van der Waals surface area contributed by atoms with Gasteiger partial charge in [-0.1, -0.05) is 13.0 Å². The zero-order chi connectivity index (χ0) is 17.8. The average molecular weight is 356 g/mol. The highest BCUT2D eigenvalue weighted by Crippen LogP contribution is 2.15. The van der Waals surface area contributed by atoms with Crippen molar-refractivity contribution in [3.05, 3.63) is 12.7 Å². The number of hydrogen-bond donors (Lipinski definition) is 2. The molecule has 0 aromatic carbocycles. The maximum absolute atomic E-state index is 11.8. The Morgan fingerprint density at radius 3 is 2.92 bits per heavy atom. The molecule has 1 aliphatic rings. The standard InChI is InChI=1S/C17H33N5OS/c1-5-11-24-12-9-18-17(20-14-16(23)21(3)4)19-13-15-8-7-10-22(15)6-2/h5,15H,1,6-14H2,2-4H3,(H2,18,19,20). The number of aliphatic imine (C=N–C) groups is 1.